The first kappa shape index (κ1) is 20.0. The lowest BCUT2D eigenvalue weighted by molar-refractivity contribution is 0.523. The molecule has 4 rings (SSSR count). The van der Waals surface area contributed by atoms with Gasteiger partial charge in [0.2, 0.25) is 0 Å². The molecule has 0 atom stereocenters. The summed E-state index contributed by atoms with van der Waals surface area (Å²) >= 11 is 1.49. The SMILES string of the molecule is CCSc1nn2c(=O)c3ccc(=O)n(CC(C)C)c3c(C#N)c2n1-c1ccccc1. The van der Waals surface area contributed by atoms with Crippen LogP contribution in [0.25, 0.3) is 22.2 Å². The second kappa shape index (κ2) is 7.84. The van der Waals surface area contributed by atoms with Gasteiger partial charge < -0.3 is 4.57 Å². The van der Waals surface area contributed by atoms with E-state index in [9.17, 15) is 14.9 Å². The van der Waals surface area contributed by atoms with Crippen molar-refractivity contribution in [3.05, 3.63) is 68.7 Å². The number of thioether (sulfide) groups is 1. The average molecular weight is 420 g/mol. The van der Waals surface area contributed by atoms with Gasteiger partial charge in [-0.1, -0.05) is 50.7 Å². The Morgan fingerprint density at radius 2 is 1.87 bits per heavy atom. The Hall–Kier alpha value is -3.31. The lowest BCUT2D eigenvalue weighted by Crippen LogP contribution is -2.26. The van der Waals surface area contributed by atoms with Crippen LogP contribution in [0, 0.1) is 17.2 Å². The van der Waals surface area contributed by atoms with E-state index in [1.807, 2.05) is 55.7 Å². The Morgan fingerprint density at radius 3 is 2.50 bits per heavy atom. The number of nitrogens with zero attached hydrogens (tertiary/aromatic N) is 5. The van der Waals surface area contributed by atoms with Gasteiger partial charge in [0.25, 0.3) is 11.1 Å². The maximum Gasteiger partial charge on any atom is 0.282 e. The van der Waals surface area contributed by atoms with Gasteiger partial charge in [0, 0.05) is 18.3 Å². The van der Waals surface area contributed by atoms with Gasteiger partial charge in [0.05, 0.1) is 10.9 Å². The Labute approximate surface area is 177 Å². The van der Waals surface area contributed by atoms with Crippen LogP contribution in [0.3, 0.4) is 0 Å². The molecule has 0 saturated carbocycles. The molecule has 4 aromatic rings. The summed E-state index contributed by atoms with van der Waals surface area (Å²) in [5, 5.41) is 15.6. The zero-order valence-electron chi connectivity index (χ0n) is 17.0. The predicted octanol–water partition coefficient (Wildman–Crippen LogP) is 3.44. The standard InChI is InChI=1S/C22H21N5O2S/c1-4-30-22-24-27-20(26(22)15-8-6-5-7-9-15)17(12-23)19-16(21(27)29)10-11-18(28)25(19)13-14(2)3/h5-11,14H,4,13H2,1-3H3. The molecule has 0 saturated heterocycles. The summed E-state index contributed by atoms with van der Waals surface area (Å²) < 4.78 is 4.65. The summed E-state index contributed by atoms with van der Waals surface area (Å²) in [4.78, 5) is 26.0. The van der Waals surface area contributed by atoms with E-state index in [0.717, 1.165) is 11.4 Å². The molecule has 0 radical (unpaired) electrons. The van der Waals surface area contributed by atoms with Crippen LogP contribution in [0.1, 0.15) is 26.3 Å². The Bertz CT molecular complexity index is 1410. The van der Waals surface area contributed by atoms with E-state index < -0.39 is 0 Å². The quantitative estimate of drug-likeness (QED) is 0.463. The number of hydrogen-bond donors (Lipinski definition) is 0. The third-order valence-corrected chi connectivity index (χ3v) is 5.61. The highest BCUT2D eigenvalue weighted by atomic mass is 32.2. The number of rotatable bonds is 5. The largest absolute Gasteiger partial charge is 0.306 e. The van der Waals surface area contributed by atoms with E-state index >= 15 is 0 Å². The van der Waals surface area contributed by atoms with Crippen molar-refractivity contribution in [3.63, 3.8) is 0 Å². The van der Waals surface area contributed by atoms with Gasteiger partial charge in [-0.25, -0.2) is 0 Å². The molecule has 0 unspecified atom stereocenters. The fraction of sp³-hybridized carbons (Fsp3) is 0.273. The minimum Gasteiger partial charge on any atom is -0.306 e. The maximum absolute atomic E-state index is 13.4. The molecule has 1 aromatic carbocycles. The Morgan fingerprint density at radius 1 is 1.13 bits per heavy atom. The third kappa shape index (κ3) is 3.12. The van der Waals surface area contributed by atoms with E-state index in [2.05, 4.69) is 11.2 Å². The van der Waals surface area contributed by atoms with Gasteiger partial charge in [-0.3, -0.25) is 14.2 Å². The van der Waals surface area contributed by atoms with Gasteiger partial charge in [0.15, 0.2) is 10.8 Å². The molecule has 0 amide bonds. The molecule has 0 spiro atoms. The van der Waals surface area contributed by atoms with Crippen molar-refractivity contribution in [2.24, 2.45) is 5.92 Å². The first-order chi connectivity index (χ1) is 14.5. The van der Waals surface area contributed by atoms with Crippen molar-refractivity contribution in [1.29, 1.82) is 5.26 Å². The molecule has 0 aliphatic carbocycles. The van der Waals surface area contributed by atoms with Crippen molar-refractivity contribution in [2.75, 3.05) is 5.75 Å². The fourth-order valence-electron chi connectivity index (χ4n) is 3.65. The van der Waals surface area contributed by atoms with Gasteiger partial charge in [-0.05, 0) is 29.9 Å². The molecule has 0 N–H and O–H groups in total. The summed E-state index contributed by atoms with van der Waals surface area (Å²) in [6.45, 7) is 6.40. The smallest absolute Gasteiger partial charge is 0.282 e. The van der Waals surface area contributed by atoms with Crippen LogP contribution >= 0.6 is 11.8 Å². The first-order valence-corrected chi connectivity index (χ1v) is 10.8. The topological polar surface area (TPSA) is 85.1 Å². The highest BCUT2D eigenvalue weighted by molar-refractivity contribution is 7.99. The van der Waals surface area contributed by atoms with Crippen LogP contribution in [-0.2, 0) is 6.54 Å². The highest BCUT2D eigenvalue weighted by Gasteiger charge is 2.23. The molecular weight excluding hydrogens is 398 g/mol. The average Bonchev–Trinajstić information content (AvgIpc) is 3.10. The molecule has 3 heterocycles. The number of nitriles is 1. The molecule has 30 heavy (non-hydrogen) atoms. The molecule has 0 aliphatic rings. The molecule has 152 valence electrons. The molecule has 0 aliphatic heterocycles. The summed E-state index contributed by atoms with van der Waals surface area (Å²) in [6.07, 6.45) is 0. The minimum atomic E-state index is -0.343. The van der Waals surface area contributed by atoms with Crippen LogP contribution < -0.4 is 11.1 Å². The van der Waals surface area contributed by atoms with Crippen molar-refractivity contribution in [2.45, 2.75) is 32.5 Å². The van der Waals surface area contributed by atoms with E-state index in [4.69, 9.17) is 0 Å². The molecular formula is C22H21N5O2S. The van der Waals surface area contributed by atoms with Crippen molar-refractivity contribution in [1.82, 2.24) is 18.7 Å². The summed E-state index contributed by atoms with van der Waals surface area (Å²) in [5.74, 6) is 0.924. The predicted molar refractivity (Wildman–Crippen MR) is 119 cm³/mol. The second-order valence-electron chi connectivity index (χ2n) is 7.35. The molecule has 0 fully saturated rings. The number of aromatic nitrogens is 4. The second-order valence-corrected chi connectivity index (χ2v) is 8.58. The lowest BCUT2D eigenvalue weighted by Gasteiger charge is -2.14. The van der Waals surface area contributed by atoms with E-state index in [-0.39, 0.29) is 22.6 Å². The zero-order chi connectivity index (χ0) is 21.4. The van der Waals surface area contributed by atoms with Crippen molar-refractivity contribution in [3.8, 4) is 11.8 Å². The number of para-hydroxylation sites is 1. The monoisotopic (exact) mass is 419 g/mol. The maximum atomic E-state index is 13.4. The van der Waals surface area contributed by atoms with Crippen LogP contribution in [0.5, 0.6) is 0 Å². The van der Waals surface area contributed by atoms with Crippen LogP contribution in [0.15, 0.2) is 57.2 Å². The van der Waals surface area contributed by atoms with Gasteiger partial charge in [0.1, 0.15) is 11.6 Å². The van der Waals surface area contributed by atoms with Gasteiger partial charge in [-0.15, -0.1) is 5.10 Å². The Kier molecular flexibility index (Phi) is 5.22. The van der Waals surface area contributed by atoms with Gasteiger partial charge >= 0.3 is 0 Å². The Balaban J connectivity index is 2.27. The first-order valence-electron chi connectivity index (χ1n) is 9.77. The van der Waals surface area contributed by atoms with E-state index in [1.165, 1.54) is 33.0 Å². The molecule has 8 heteroatoms. The van der Waals surface area contributed by atoms with E-state index in [1.54, 1.807) is 0 Å². The van der Waals surface area contributed by atoms with Gasteiger partial charge in [-0.2, -0.15) is 9.78 Å². The van der Waals surface area contributed by atoms with Crippen LogP contribution in [0.4, 0.5) is 0 Å². The van der Waals surface area contributed by atoms with Crippen LogP contribution in [0.2, 0.25) is 0 Å². The molecule has 0 bridgehead atoms. The number of pyridine rings is 2. The molecule has 7 nitrogen and oxygen atoms in total. The van der Waals surface area contributed by atoms with E-state index in [0.29, 0.717) is 28.3 Å². The fourth-order valence-corrected chi connectivity index (χ4v) is 4.36. The minimum absolute atomic E-state index is 0.170. The normalized spacial score (nSPS) is 11.4. The summed E-state index contributed by atoms with van der Waals surface area (Å²) in [6, 6.07) is 14.6. The summed E-state index contributed by atoms with van der Waals surface area (Å²) in [7, 11) is 0. The van der Waals surface area contributed by atoms with Crippen molar-refractivity contribution < 1.29 is 0 Å². The van der Waals surface area contributed by atoms with Crippen molar-refractivity contribution >= 4 is 28.3 Å². The zero-order valence-corrected chi connectivity index (χ0v) is 17.8. The number of fused-ring (bicyclic) bond motifs is 2. The highest BCUT2D eigenvalue weighted by Crippen LogP contribution is 2.28. The van der Waals surface area contributed by atoms with Crippen LogP contribution in [-0.4, -0.2) is 24.5 Å². The lowest BCUT2D eigenvalue weighted by atomic mass is 10.1. The summed E-state index contributed by atoms with van der Waals surface area (Å²) in [5.41, 5.74) is 1.23. The third-order valence-electron chi connectivity index (χ3n) is 4.80. The number of hydrogen-bond acceptors (Lipinski definition) is 5. The number of benzene rings is 1. The molecule has 3 aromatic heterocycles.